The molecule has 2 aliphatic rings. The normalized spacial score (nSPS) is 23.8. The Morgan fingerprint density at radius 1 is 1.03 bits per heavy atom. The van der Waals surface area contributed by atoms with Crippen LogP contribution >= 0.6 is 23.2 Å². The molecular weight excluding hydrogens is 413 g/mol. The van der Waals surface area contributed by atoms with E-state index in [2.05, 4.69) is 6.92 Å². The number of benzene rings is 2. The molecule has 1 saturated heterocycles. The van der Waals surface area contributed by atoms with E-state index in [1.54, 1.807) is 24.3 Å². The summed E-state index contributed by atoms with van der Waals surface area (Å²) in [4.78, 5) is 39.6. The number of ether oxygens (including phenoxy) is 1. The quantitative estimate of drug-likeness (QED) is 0.383. The summed E-state index contributed by atoms with van der Waals surface area (Å²) >= 11 is 11.9. The third kappa shape index (κ3) is 3.77. The molecular formula is C22H19Cl2NO4. The van der Waals surface area contributed by atoms with Crippen LogP contribution in [0.1, 0.15) is 36.5 Å². The maximum Gasteiger partial charge on any atom is 0.343 e. The van der Waals surface area contributed by atoms with Gasteiger partial charge in [-0.15, -0.1) is 0 Å². The maximum atomic E-state index is 12.9. The Hall–Kier alpha value is -2.37. The van der Waals surface area contributed by atoms with Crippen molar-refractivity contribution >= 4 is 46.7 Å². The van der Waals surface area contributed by atoms with Crippen LogP contribution < -0.4 is 9.64 Å². The van der Waals surface area contributed by atoms with Gasteiger partial charge in [-0.3, -0.25) is 14.5 Å². The Labute approximate surface area is 178 Å². The molecule has 0 unspecified atom stereocenters. The average molecular weight is 432 g/mol. The minimum absolute atomic E-state index is 0.180. The zero-order chi connectivity index (χ0) is 20.7. The lowest BCUT2D eigenvalue weighted by Gasteiger charge is -2.25. The molecule has 0 N–H and O–H groups in total. The van der Waals surface area contributed by atoms with Crippen molar-refractivity contribution in [1.82, 2.24) is 0 Å². The highest BCUT2D eigenvalue weighted by Crippen LogP contribution is 2.42. The van der Waals surface area contributed by atoms with E-state index in [4.69, 9.17) is 27.9 Å². The molecule has 0 spiro atoms. The van der Waals surface area contributed by atoms with Crippen LogP contribution in [0.2, 0.25) is 10.0 Å². The van der Waals surface area contributed by atoms with Gasteiger partial charge in [-0.25, -0.2) is 4.79 Å². The van der Waals surface area contributed by atoms with Crippen LogP contribution in [0, 0.1) is 17.8 Å². The number of hydrogen-bond acceptors (Lipinski definition) is 4. The predicted molar refractivity (Wildman–Crippen MR) is 110 cm³/mol. The van der Waals surface area contributed by atoms with Gasteiger partial charge in [-0.2, -0.15) is 0 Å². The molecule has 1 heterocycles. The second-order valence-electron chi connectivity index (χ2n) is 7.66. The van der Waals surface area contributed by atoms with E-state index >= 15 is 0 Å². The lowest BCUT2D eigenvalue weighted by molar-refractivity contribution is -0.122. The molecule has 2 aromatic rings. The number of amides is 2. The smallest absolute Gasteiger partial charge is 0.343 e. The predicted octanol–water partition coefficient (Wildman–Crippen LogP) is 5.14. The number of carbonyl (C=O) groups is 3. The third-order valence-corrected chi connectivity index (χ3v) is 6.15. The average Bonchev–Trinajstić information content (AvgIpc) is 2.94. The Morgan fingerprint density at radius 2 is 1.79 bits per heavy atom. The highest BCUT2D eigenvalue weighted by atomic mass is 35.5. The first-order valence-corrected chi connectivity index (χ1v) is 10.3. The number of imide groups is 1. The van der Waals surface area contributed by atoms with Gasteiger partial charge < -0.3 is 4.74 Å². The van der Waals surface area contributed by atoms with Crippen LogP contribution in [0.3, 0.4) is 0 Å². The van der Waals surface area contributed by atoms with Gasteiger partial charge in [0.05, 0.1) is 28.1 Å². The van der Waals surface area contributed by atoms with Gasteiger partial charge in [0.1, 0.15) is 5.75 Å². The fraction of sp³-hybridized carbons (Fsp3) is 0.318. The topological polar surface area (TPSA) is 63.7 Å². The number of rotatable bonds is 3. The number of esters is 1. The Bertz CT molecular complexity index is 1010. The SMILES string of the molecule is C[C@@H]1CC[C@@H]2C(=O)N(c3cccc(C(=O)Oc4ccc(Cl)cc4Cl)c3)C(=O)[C@@H]2C1. The molecule has 4 rings (SSSR count). The van der Waals surface area contributed by atoms with Crippen molar-refractivity contribution in [3.8, 4) is 5.75 Å². The van der Waals surface area contributed by atoms with Crippen molar-refractivity contribution in [1.29, 1.82) is 0 Å². The monoisotopic (exact) mass is 431 g/mol. The molecule has 150 valence electrons. The van der Waals surface area contributed by atoms with Gasteiger partial charge in [-0.05, 0) is 61.6 Å². The minimum atomic E-state index is -0.638. The first-order chi connectivity index (χ1) is 13.8. The van der Waals surface area contributed by atoms with Gasteiger partial charge in [0.25, 0.3) is 0 Å². The van der Waals surface area contributed by atoms with Crippen LogP contribution in [0.15, 0.2) is 42.5 Å². The zero-order valence-electron chi connectivity index (χ0n) is 15.7. The summed E-state index contributed by atoms with van der Waals surface area (Å²) < 4.78 is 5.35. The van der Waals surface area contributed by atoms with Crippen molar-refractivity contribution < 1.29 is 19.1 Å². The molecule has 29 heavy (non-hydrogen) atoms. The van der Waals surface area contributed by atoms with Crippen molar-refractivity contribution in [2.75, 3.05) is 4.90 Å². The molecule has 2 aromatic carbocycles. The number of nitrogens with zero attached hydrogens (tertiary/aromatic N) is 1. The Kier molecular flexibility index (Phi) is 5.36. The van der Waals surface area contributed by atoms with Gasteiger partial charge in [0, 0.05) is 5.02 Å². The van der Waals surface area contributed by atoms with Crippen molar-refractivity contribution in [3.63, 3.8) is 0 Å². The van der Waals surface area contributed by atoms with Crippen LogP contribution in [0.5, 0.6) is 5.75 Å². The van der Waals surface area contributed by atoms with Crippen molar-refractivity contribution in [3.05, 3.63) is 58.1 Å². The fourth-order valence-corrected chi connectivity index (χ4v) is 4.58. The highest BCUT2D eigenvalue weighted by molar-refractivity contribution is 6.35. The Balaban J connectivity index is 1.58. The number of fused-ring (bicyclic) bond motifs is 1. The van der Waals surface area contributed by atoms with E-state index in [1.165, 1.54) is 23.1 Å². The summed E-state index contributed by atoms with van der Waals surface area (Å²) in [5.41, 5.74) is 0.607. The fourth-order valence-electron chi connectivity index (χ4n) is 4.13. The first-order valence-electron chi connectivity index (χ1n) is 9.50. The molecule has 1 aliphatic heterocycles. The van der Waals surface area contributed by atoms with E-state index in [0.717, 1.165) is 19.3 Å². The van der Waals surface area contributed by atoms with Crippen LogP contribution in [-0.2, 0) is 9.59 Å². The van der Waals surface area contributed by atoms with Gasteiger partial charge in [-0.1, -0.05) is 36.2 Å². The standard InChI is InChI=1S/C22H19Cl2NO4/c1-12-5-7-16-17(9-12)21(27)25(20(16)26)15-4-2-3-13(10-15)22(28)29-19-8-6-14(23)11-18(19)24/h2-4,6,8,10-12,16-17H,5,7,9H2,1H3/t12-,16+,17-/m1/s1. The summed E-state index contributed by atoms with van der Waals surface area (Å²) in [5.74, 6) is -0.924. The van der Waals surface area contributed by atoms with Crippen molar-refractivity contribution in [2.45, 2.75) is 26.2 Å². The summed E-state index contributed by atoms with van der Waals surface area (Å²) in [6.07, 6.45) is 2.40. The summed E-state index contributed by atoms with van der Waals surface area (Å²) in [6.45, 7) is 2.11. The van der Waals surface area contributed by atoms with E-state index in [1.807, 2.05) is 0 Å². The minimum Gasteiger partial charge on any atom is -0.421 e. The lowest BCUT2D eigenvalue weighted by atomic mass is 9.76. The summed E-state index contributed by atoms with van der Waals surface area (Å²) in [7, 11) is 0. The molecule has 0 bridgehead atoms. The summed E-state index contributed by atoms with van der Waals surface area (Å²) in [5, 5.41) is 0.642. The number of halogens is 2. The molecule has 5 nitrogen and oxygen atoms in total. The highest BCUT2D eigenvalue weighted by Gasteiger charge is 2.50. The molecule has 1 aliphatic carbocycles. The van der Waals surface area contributed by atoms with E-state index in [-0.39, 0.29) is 40.0 Å². The van der Waals surface area contributed by atoms with Crippen molar-refractivity contribution in [2.24, 2.45) is 17.8 Å². The number of carbonyl (C=O) groups excluding carboxylic acids is 3. The second-order valence-corrected chi connectivity index (χ2v) is 8.50. The molecule has 3 atom stereocenters. The third-order valence-electron chi connectivity index (χ3n) is 5.62. The van der Waals surface area contributed by atoms with E-state index < -0.39 is 5.97 Å². The zero-order valence-corrected chi connectivity index (χ0v) is 17.2. The molecule has 2 fully saturated rings. The first kappa shape index (κ1) is 19.9. The lowest BCUT2D eigenvalue weighted by Crippen LogP contribution is -2.31. The molecule has 2 amide bonds. The number of anilines is 1. The second kappa shape index (κ2) is 7.81. The molecule has 0 aromatic heterocycles. The largest absolute Gasteiger partial charge is 0.421 e. The van der Waals surface area contributed by atoms with Gasteiger partial charge >= 0.3 is 5.97 Å². The van der Waals surface area contributed by atoms with E-state index in [0.29, 0.717) is 16.6 Å². The summed E-state index contributed by atoms with van der Waals surface area (Å²) in [6, 6.07) is 10.9. The van der Waals surface area contributed by atoms with Crippen LogP contribution in [0.25, 0.3) is 0 Å². The number of hydrogen-bond donors (Lipinski definition) is 0. The van der Waals surface area contributed by atoms with Crippen LogP contribution in [-0.4, -0.2) is 17.8 Å². The maximum absolute atomic E-state index is 12.9. The van der Waals surface area contributed by atoms with E-state index in [9.17, 15) is 14.4 Å². The van der Waals surface area contributed by atoms with Gasteiger partial charge in [0.15, 0.2) is 0 Å². The van der Waals surface area contributed by atoms with Gasteiger partial charge in [0.2, 0.25) is 11.8 Å². The molecule has 0 radical (unpaired) electrons. The Morgan fingerprint density at radius 3 is 2.55 bits per heavy atom. The molecule has 7 heteroatoms. The van der Waals surface area contributed by atoms with Crippen LogP contribution in [0.4, 0.5) is 5.69 Å². The molecule has 1 saturated carbocycles.